The normalized spacial score (nSPS) is 11.4. The van der Waals surface area contributed by atoms with E-state index in [1.807, 2.05) is 0 Å². The largest absolute Gasteiger partial charge is 0.416 e. The second-order valence-electron chi connectivity index (χ2n) is 5.47. The van der Waals surface area contributed by atoms with Gasteiger partial charge in [0.1, 0.15) is 17.0 Å². The first-order valence-corrected chi connectivity index (χ1v) is 7.85. The summed E-state index contributed by atoms with van der Waals surface area (Å²) in [6.07, 6.45) is -4.44. The van der Waals surface area contributed by atoms with Gasteiger partial charge in [0.25, 0.3) is 5.91 Å². The van der Waals surface area contributed by atoms with Gasteiger partial charge in [-0.25, -0.2) is 0 Å². The zero-order valence-electron chi connectivity index (χ0n) is 13.4. The van der Waals surface area contributed by atoms with Crippen LogP contribution < -0.4 is 5.32 Å². The fourth-order valence-electron chi connectivity index (χ4n) is 2.41. The number of aryl methyl sites for hydroxylation is 1. The molecule has 4 nitrogen and oxygen atoms in total. The van der Waals surface area contributed by atoms with E-state index in [0.717, 1.165) is 12.1 Å². The molecule has 0 aliphatic heterocycles. The fourth-order valence-corrected chi connectivity index (χ4v) is 2.64. The molecule has 0 saturated carbocycles. The van der Waals surface area contributed by atoms with Gasteiger partial charge in [-0.3, -0.25) is 4.79 Å². The van der Waals surface area contributed by atoms with Crippen LogP contribution in [0.25, 0.3) is 11.3 Å². The molecule has 3 rings (SSSR count). The number of nitrogens with one attached hydrogen (secondary N) is 1. The molecule has 1 aromatic heterocycles. The third-order valence-electron chi connectivity index (χ3n) is 3.69. The zero-order valence-corrected chi connectivity index (χ0v) is 14.2. The first-order valence-electron chi connectivity index (χ1n) is 7.47. The standard InChI is InChI=1S/C18H12ClF3N2O2/c1-10-15(16(24-26-10)13-4-2-3-5-14(13)19)17(25)23-12-8-6-11(7-9-12)18(20,21)22/h2-9H,1H3,(H,23,25). The number of hydrogen-bond acceptors (Lipinski definition) is 3. The van der Waals surface area contributed by atoms with Gasteiger partial charge in [0.2, 0.25) is 0 Å². The second kappa shape index (κ2) is 6.84. The van der Waals surface area contributed by atoms with E-state index in [-0.39, 0.29) is 22.7 Å². The Morgan fingerprint density at radius 2 is 1.77 bits per heavy atom. The van der Waals surface area contributed by atoms with Crippen LogP contribution in [0.2, 0.25) is 5.02 Å². The number of hydrogen-bond donors (Lipinski definition) is 1. The molecule has 0 fully saturated rings. The van der Waals surface area contributed by atoms with Crippen molar-refractivity contribution >= 4 is 23.2 Å². The van der Waals surface area contributed by atoms with Crippen LogP contribution in [0.4, 0.5) is 18.9 Å². The van der Waals surface area contributed by atoms with Crippen molar-refractivity contribution in [2.24, 2.45) is 0 Å². The number of anilines is 1. The highest BCUT2D eigenvalue weighted by molar-refractivity contribution is 6.33. The van der Waals surface area contributed by atoms with Crippen LogP contribution in [0, 0.1) is 6.92 Å². The third kappa shape index (κ3) is 3.57. The summed E-state index contributed by atoms with van der Waals surface area (Å²) in [4.78, 5) is 12.6. The minimum absolute atomic E-state index is 0.165. The predicted octanol–water partition coefficient (Wildman–Crippen LogP) is 5.57. The maximum atomic E-state index is 12.6. The first-order chi connectivity index (χ1) is 12.3. The van der Waals surface area contributed by atoms with Gasteiger partial charge >= 0.3 is 6.18 Å². The van der Waals surface area contributed by atoms with Gasteiger partial charge in [-0.1, -0.05) is 35.0 Å². The number of benzene rings is 2. The quantitative estimate of drug-likeness (QED) is 0.645. The lowest BCUT2D eigenvalue weighted by Crippen LogP contribution is -2.14. The summed E-state index contributed by atoms with van der Waals surface area (Å²) in [6.45, 7) is 1.56. The number of alkyl halides is 3. The number of rotatable bonds is 3. The van der Waals surface area contributed by atoms with Crippen molar-refractivity contribution in [3.8, 4) is 11.3 Å². The Morgan fingerprint density at radius 1 is 1.12 bits per heavy atom. The lowest BCUT2D eigenvalue weighted by atomic mass is 10.1. The van der Waals surface area contributed by atoms with Crippen LogP contribution in [0.3, 0.4) is 0 Å². The van der Waals surface area contributed by atoms with E-state index in [1.165, 1.54) is 12.1 Å². The van der Waals surface area contributed by atoms with Crippen LogP contribution in [-0.2, 0) is 6.18 Å². The van der Waals surface area contributed by atoms with Crippen molar-refractivity contribution in [3.63, 3.8) is 0 Å². The van der Waals surface area contributed by atoms with Crippen LogP contribution in [0.15, 0.2) is 53.1 Å². The first kappa shape index (κ1) is 18.0. The number of aromatic nitrogens is 1. The summed E-state index contributed by atoms with van der Waals surface area (Å²) < 4.78 is 43.0. The number of carbonyl (C=O) groups excluding carboxylic acids is 1. The maximum absolute atomic E-state index is 12.6. The minimum Gasteiger partial charge on any atom is -0.360 e. The smallest absolute Gasteiger partial charge is 0.360 e. The van der Waals surface area contributed by atoms with E-state index in [4.69, 9.17) is 16.1 Å². The molecule has 0 radical (unpaired) electrons. The molecule has 2 aromatic carbocycles. The monoisotopic (exact) mass is 380 g/mol. The molecule has 0 bridgehead atoms. The summed E-state index contributed by atoms with van der Waals surface area (Å²) in [5.74, 6) is -0.289. The van der Waals surface area contributed by atoms with E-state index >= 15 is 0 Å². The van der Waals surface area contributed by atoms with Gasteiger partial charge in [-0.05, 0) is 37.3 Å². The number of amides is 1. The molecule has 1 amide bonds. The van der Waals surface area contributed by atoms with Crippen molar-refractivity contribution in [2.45, 2.75) is 13.1 Å². The molecule has 0 saturated heterocycles. The second-order valence-corrected chi connectivity index (χ2v) is 5.88. The molecular formula is C18H12ClF3N2O2. The van der Waals surface area contributed by atoms with E-state index in [2.05, 4.69) is 10.5 Å². The van der Waals surface area contributed by atoms with Crippen LogP contribution in [0.5, 0.6) is 0 Å². The van der Waals surface area contributed by atoms with Crippen molar-refractivity contribution in [2.75, 3.05) is 5.32 Å². The summed E-state index contributed by atoms with van der Waals surface area (Å²) in [7, 11) is 0. The number of carbonyl (C=O) groups is 1. The van der Waals surface area contributed by atoms with E-state index in [9.17, 15) is 18.0 Å². The van der Waals surface area contributed by atoms with Gasteiger partial charge < -0.3 is 9.84 Å². The lowest BCUT2D eigenvalue weighted by Gasteiger charge is -2.09. The average Bonchev–Trinajstić information content (AvgIpc) is 2.96. The lowest BCUT2D eigenvalue weighted by molar-refractivity contribution is -0.137. The summed E-state index contributed by atoms with van der Waals surface area (Å²) >= 11 is 6.15. The zero-order chi connectivity index (χ0) is 18.9. The maximum Gasteiger partial charge on any atom is 0.416 e. The molecule has 26 heavy (non-hydrogen) atoms. The van der Waals surface area contributed by atoms with Gasteiger partial charge in [-0.2, -0.15) is 13.2 Å². The Kier molecular flexibility index (Phi) is 4.73. The molecule has 0 aliphatic carbocycles. The highest BCUT2D eigenvalue weighted by Crippen LogP contribution is 2.32. The Balaban J connectivity index is 1.90. The molecule has 0 atom stereocenters. The average molecular weight is 381 g/mol. The van der Waals surface area contributed by atoms with E-state index in [0.29, 0.717) is 10.6 Å². The Morgan fingerprint density at radius 3 is 2.38 bits per heavy atom. The molecule has 134 valence electrons. The molecule has 0 unspecified atom stereocenters. The molecule has 1 heterocycles. The van der Waals surface area contributed by atoms with Gasteiger partial charge in [0, 0.05) is 11.3 Å². The summed E-state index contributed by atoms with van der Waals surface area (Å²) in [5, 5.41) is 6.82. The molecule has 0 aliphatic rings. The van der Waals surface area contributed by atoms with Crippen molar-refractivity contribution in [1.82, 2.24) is 5.16 Å². The molecule has 3 aromatic rings. The van der Waals surface area contributed by atoms with Crippen molar-refractivity contribution in [1.29, 1.82) is 0 Å². The van der Waals surface area contributed by atoms with E-state index < -0.39 is 17.6 Å². The topological polar surface area (TPSA) is 55.1 Å². The van der Waals surface area contributed by atoms with Crippen LogP contribution in [-0.4, -0.2) is 11.1 Å². The molecular weight excluding hydrogens is 369 g/mol. The van der Waals surface area contributed by atoms with Gasteiger partial charge in [-0.15, -0.1) is 0 Å². The van der Waals surface area contributed by atoms with Crippen molar-refractivity contribution < 1.29 is 22.5 Å². The van der Waals surface area contributed by atoms with E-state index in [1.54, 1.807) is 31.2 Å². The Bertz CT molecular complexity index is 950. The summed E-state index contributed by atoms with van der Waals surface area (Å²) in [6, 6.07) is 11.0. The Hall–Kier alpha value is -2.80. The van der Waals surface area contributed by atoms with Crippen molar-refractivity contribution in [3.05, 3.63) is 70.4 Å². The van der Waals surface area contributed by atoms with Gasteiger partial charge in [0.15, 0.2) is 0 Å². The predicted molar refractivity (Wildman–Crippen MR) is 91.1 cm³/mol. The minimum atomic E-state index is -4.44. The SMILES string of the molecule is Cc1onc(-c2ccccc2Cl)c1C(=O)Nc1ccc(C(F)(F)F)cc1. The number of halogens is 4. The van der Waals surface area contributed by atoms with Gasteiger partial charge in [0.05, 0.1) is 10.6 Å². The molecule has 8 heteroatoms. The van der Waals surface area contributed by atoms with Crippen LogP contribution >= 0.6 is 11.6 Å². The van der Waals surface area contributed by atoms with Crippen LogP contribution in [0.1, 0.15) is 21.7 Å². The third-order valence-corrected chi connectivity index (χ3v) is 4.02. The summed E-state index contributed by atoms with van der Waals surface area (Å²) in [5.41, 5.74) is 0.362. The highest BCUT2D eigenvalue weighted by Gasteiger charge is 2.30. The molecule has 1 N–H and O–H groups in total. The Labute approximate surface area is 151 Å². The molecule has 0 spiro atoms. The fraction of sp³-hybridized carbons (Fsp3) is 0.111. The number of nitrogens with zero attached hydrogens (tertiary/aromatic N) is 1. The highest BCUT2D eigenvalue weighted by atomic mass is 35.5.